The number of ether oxygens (including phenoxy) is 2. The number of alkyl halides is 1. The number of nitrogens with zero attached hydrogens (tertiary/aromatic N) is 5. The highest BCUT2D eigenvalue weighted by Gasteiger charge is 2.49. The highest BCUT2D eigenvalue weighted by atomic mass is 19.1. The van der Waals surface area contributed by atoms with Crippen LogP contribution in [-0.2, 0) is 11.2 Å². The summed E-state index contributed by atoms with van der Waals surface area (Å²) in [5.74, 6) is -1.97. The Morgan fingerprint density at radius 3 is 2.80 bits per heavy atom. The van der Waals surface area contributed by atoms with Crippen LogP contribution in [0, 0.1) is 11.6 Å². The Labute approximate surface area is 263 Å². The highest BCUT2D eigenvalue weighted by Crippen LogP contribution is 2.45. The molecule has 2 aromatic carbocycles. The molecule has 0 aliphatic carbocycles. The van der Waals surface area contributed by atoms with Crippen molar-refractivity contribution in [1.82, 2.24) is 19.9 Å². The van der Waals surface area contributed by atoms with Crippen molar-refractivity contribution in [3.05, 3.63) is 41.5 Å². The van der Waals surface area contributed by atoms with Gasteiger partial charge in [0, 0.05) is 18.5 Å². The zero-order valence-electron chi connectivity index (χ0n) is 25.8. The Bertz CT molecular complexity index is 1890. The third-order valence-corrected chi connectivity index (χ3v) is 9.71. The largest absolute Gasteiger partial charge is 0.508 e. The van der Waals surface area contributed by atoms with Crippen molar-refractivity contribution < 1.29 is 32.5 Å². The van der Waals surface area contributed by atoms with E-state index in [0.717, 1.165) is 19.4 Å². The number of rotatable bonds is 7. The third-order valence-electron chi connectivity index (χ3n) is 9.71. The minimum absolute atomic E-state index is 0.00143. The molecule has 7 rings (SSSR count). The number of aromatic hydroxyl groups is 1. The first-order valence-electron chi connectivity index (χ1n) is 15.6. The van der Waals surface area contributed by atoms with Crippen LogP contribution in [0.15, 0.2) is 24.3 Å². The van der Waals surface area contributed by atoms with Gasteiger partial charge in [-0.25, -0.2) is 18.2 Å². The summed E-state index contributed by atoms with van der Waals surface area (Å²) in [6, 6.07) is 4.17. The van der Waals surface area contributed by atoms with E-state index in [2.05, 4.69) is 19.9 Å². The van der Waals surface area contributed by atoms with Crippen molar-refractivity contribution in [3.63, 3.8) is 0 Å². The molecular weight excluding hydrogens is 601 g/mol. The van der Waals surface area contributed by atoms with E-state index in [1.165, 1.54) is 24.3 Å². The maximum Gasteiger partial charge on any atom is 0.319 e. The normalized spacial score (nSPS) is 23.4. The number of phenols is 1. The predicted molar refractivity (Wildman–Crippen MR) is 166 cm³/mol. The standard InChI is InChI=1S/C33H35F3N6O4/c1-4-21-23(35)7-6-18-10-20(43)11-22(24(18)21)27-26(36)28-25-30(42(17(3)29(37)44)16(2)14-45-31(25)38-27)40-32(39-28)46-15-33-8-5-9-41(33)13-19(34)12-33/h6-7,10-11,16-17,19,43H,4-5,8-9,12-15H2,1-3H3,(H2,37,44)/t16-,17+,19+,33-/m0/s1. The second-order valence-electron chi connectivity index (χ2n) is 12.6. The molecule has 1 amide bonds. The van der Waals surface area contributed by atoms with Crippen LogP contribution in [0.4, 0.5) is 19.0 Å². The maximum atomic E-state index is 17.0. The van der Waals surface area contributed by atoms with Crippen molar-refractivity contribution in [2.75, 3.05) is 31.2 Å². The number of halogens is 3. The average molecular weight is 637 g/mol. The van der Waals surface area contributed by atoms with Crippen LogP contribution in [0.25, 0.3) is 32.9 Å². The van der Waals surface area contributed by atoms with Crippen LogP contribution in [0.2, 0.25) is 0 Å². The van der Waals surface area contributed by atoms with Gasteiger partial charge in [0.25, 0.3) is 0 Å². The molecule has 46 heavy (non-hydrogen) atoms. The number of hydrogen-bond donors (Lipinski definition) is 2. The lowest BCUT2D eigenvalue weighted by molar-refractivity contribution is -0.119. The van der Waals surface area contributed by atoms with Crippen molar-refractivity contribution in [2.45, 2.75) is 70.2 Å². The minimum atomic E-state index is -0.973. The Morgan fingerprint density at radius 2 is 2.04 bits per heavy atom. The number of amides is 1. The van der Waals surface area contributed by atoms with Crippen LogP contribution in [0.3, 0.4) is 0 Å². The van der Waals surface area contributed by atoms with Crippen LogP contribution >= 0.6 is 0 Å². The van der Waals surface area contributed by atoms with Crippen LogP contribution < -0.4 is 20.1 Å². The maximum absolute atomic E-state index is 17.0. The summed E-state index contributed by atoms with van der Waals surface area (Å²) >= 11 is 0. The molecule has 4 aromatic rings. The summed E-state index contributed by atoms with van der Waals surface area (Å²) in [4.78, 5) is 29.9. The minimum Gasteiger partial charge on any atom is -0.508 e. The molecule has 2 fully saturated rings. The molecule has 0 bridgehead atoms. The first-order chi connectivity index (χ1) is 22.0. The summed E-state index contributed by atoms with van der Waals surface area (Å²) in [6.45, 7) is 6.45. The van der Waals surface area contributed by atoms with Crippen molar-refractivity contribution >= 4 is 33.4 Å². The van der Waals surface area contributed by atoms with Gasteiger partial charge in [0.2, 0.25) is 11.8 Å². The van der Waals surface area contributed by atoms with Crippen LogP contribution in [0.5, 0.6) is 17.6 Å². The second kappa shape index (κ2) is 11.1. The molecule has 10 nitrogen and oxygen atoms in total. The van der Waals surface area contributed by atoms with Gasteiger partial charge in [-0.2, -0.15) is 9.97 Å². The molecule has 0 radical (unpaired) electrons. The van der Waals surface area contributed by atoms with E-state index in [1.54, 1.807) is 18.7 Å². The second-order valence-corrected chi connectivity index (χ2v) is 12.6. The van der Waals surface area contributed by atoms with E-state index in [0.29, 0.717) is 35.7 Å². The van der Waals surface area contributed by atoms with Gasteiger partial charge in [0.05, 0.1) is 11.6 Å². The summed E-state index contributed by atoms with van der Waals surface area (Å²) < 4.78 is 58.8. The molecule has 3 aliphatic rings. The number of benzene rings is 2. The third kappa shape index (κ3) is 4.74. The zero-order chi connectivity index (χ0) is 32.5. The Kier molecular flexibility index (Phi) is 7.33. The predicted octanol–water partition coefficient (Wildman–Crippen LogP) is 4.81. The lowest BCUT2D eigenvalue weighted by atomic mass is 9.94. The first kappa shape index (κ1) is 30.3. The molecule has 242 valence electrons. The van der Waals surface area contributed by atoms with Crippen molar-refractivity contribution in [1.29, 1.82) is 0 Å². The highest BCUT2D eigenvalue weighted by molar-refractivity contribution is 6.03. The topological polar surface area (TPSA) is 127 Å². The van der Waals surface area contributed by atoms with E-state index in [-0.39, 0.29) is 58.8 Å². The quantitative estimate of drug-likeness (QED) is 0.294. The molecule has 4 atom stereocenters. The molecule has 13 heteroatoms. The fourth-order valence-corrected chi connectivity index (χ4v) is 7.51. The van der Waals surface area contributed by atoms with Crippen molar-refractivity contribution in [3.8, 4) is 28.9 Å². The number of aromatic nitrogens is 3. The molecule has 3 N–H and O–H groups in total. The average Bonchev–Trinajstić information content (AvgIpc) is 3.50. The van der Waals surface area contributed by atoms with E-state index >= 15 is 8.78 Å². The monoisotopic (exact) mass is 636 g/mol. The molecule has 3 aliphatic heterocycles. The Hall–Kier alpha value is -4.39. The number of fused-ring (bicyclic) bond motifs is 2. The zero-order valence-corrected chi connectivity index (χ0v) is 25.8. The first-order valence-corrected chi connectivity index (χ1v) is 15.6. The van der Waals surface area contributed by atoms with Gasteiger partial charge in [-0.1, -0.05) is 13.0 Å². The van der Waals surface area contributed by atoms with Gasteiger partial charge < -0.3 is 25.2 Å². The van der Waals surface area contributed by atoms with Gasteiger partial charge in [0.15, 0.2) is 5.82 Å². The fraction of sp³-hybridized carbons (Fsp3) is 0.455. The summed E-state index contributed by atoms with van der Waals surface area (Å²) in [7, 11) is 0. The number of anilines is 1. The van der Waals surface area contributed by atoms with Gasteiger partial charge in [-0.15, -0.1) is 0 Å². The number of nitrogens with two attached hydrogens (primary N) is 1. The lowest BCUT2D eigenvalue weighted by Gasteiger charge is -2.33. The van der Waals surface area contributed by atoms with E-state index in [9.17, 15) is 14.3 Å². The van der Waals surface area contributed by atoms with Gasteiger partial charge in [0.1, 0.15) is 59.4 Å². The van der Waals surface area contributed by atoms with E-state index in [4.69, 9.17) is 15.2 Å². The number of pyridine rings is 1. The number of carbonyl (C=O) groups is 1. The molecule has 0 spiro atoms. The molecule has 0 saturated carbocycles. The number of hydrogen-bond acceptors (Lipinski definition) is 9. The fourth-order valence-electron chi connectivity index (χ4n) is 7.51. The molecule has 0 unspecified atom stereocenters. The molecule has 5 heterocycles. The van der Waals surface area contributed by atoms with Gasteiger partial charge in [-0.3, -0.25) is 9.69 Å². The lowest BCUT2D eigenvalue weighted by Crippen LogP contribution is -2.49. The van der Waals surface area contributed by atoms with Crippen LogP contribution in [-0.4, -0.2) is 81.0 Å². The van der Waals surface area contributed by atoms with Crippen molar-refractivity contribution in [2.24, 2.45) is 5.73 Å². The molecular formula is C33H35F3N6O4. The summed E-state index contributed by atoms with van der Waals surface area (Å²) in [6.07, 6.45) is 1.30. The number of primary amides is 1. The van der Waals surface area contributed by atoms with E-state index < -0.39 is 41.3 Å². The van der Waals surface area contributed by atoms with E-state index in [1.807, 2.05) is 6.92 Å². The van der Waals surface area contributed by atoms with Crippen LogP contribution in [0.1, 0.15) is 45.6 Å². The molecule has 2 saturated heterocycles. The van der Waals surface area contributed by atoms with Gasteiger partial charge >= 0.3 is 6.01 Å². The number of phenolic OH excluding ortho intramolecular Hbond substituents is 1. The smallest absolute Gasteiger partial charge is 0.319 e. The Balaban J connectivity index is 1.46. The summed E-state index contributed by atoms with van der Waals surface area (Å²) in [5, 5.41) is 11.6. The number of aryl methyl sites for hydroxylation is 1. The van der Waals surface area contributed by atoms with Gasteiger partial charge in [-0.05, 0) is 74.2 Å². The number of carbonyl (C=O) groups excluding carboxylic acids is 1. The summed E-state index contributed by atoms with van der Waals surface area (Å²) in [5.41, 5.74) is 5.31. The molecule has 2 aromatic heterocycles. The SMILES string of the molecule is CCc1c(F)ccc2cc(O)cc(-c3nc4c5c(nc(OC[C@@]67CCCN6C[C@H](F)C7)nc5c3F)N([C@H](C)C(N)=O)[C@@H](C)CO4)c12. The Morgan fingerprint density at radius 1 is 1.24 bits per heavy atom.